The van der Waals surface area contributed by atoms with Crippen LogP contribution in [-0.2, 0) is 18.4 Å². The van der Waals surface area contributed by atoms with Crippen molar-refractivity contribution in [2.75, 3.05) is 20.1 Å². The molecule has 1 amide bonds. The van der Waals surface area contributed by atoms with Crippen LogP contribution in [0.3, 0.4) is 0 Å². The summed E-state index contributed by atoms with van der Waals surface area (Å²) >= 11 is 0. The van der Waals surface area contributed by atoms with Crippen molar-refractivity contribution in [2.45, 2.75) is 27.3 Å². The fourth-order valence-electron chi connectivity index (χ4n) is 1.69. The summed E-state index contributed by atoms with van der Waals surface area (Å²) in [5.41, 5.74) is 0.842. The minimum absolute atomic E-state index is 0. The van der Waals surface area contributed by atoms with Crippen LogP contribution in [0.1, 0.15) is 26.3 Å². The maximum Gasteiger partial charge on any atom is 0.225 e. The summed E-state index contributed by atoms with van der Waals surface area (Å²) in [5.74, 6) is 0.778. The van der Waals surface area contributed by atoms with Gasteiger partial charge in [-0.1, -0.05) is 20.8 Å². The van der Waals surface area contributed by atoms with Crippen molar-refractivity contribution in [3.63, 3.8) is 0 Å². The molecule has 0 saturated carbocycles. The summed E-state index contributed by atoms with van der Waals surface area (Å²) in [6.45, 7) is 7.62. The Kier molecular flexibility index (Phi) is 9.15. The smallest absolute Gasteiger partial charge is 0.225 e. The van der Waals surface area contributed by atoms with E-state index in [9.17, 15) is 4.79 Å². The fourth-order valence-corrected chi connectivity index (χ4v) is 1.69. The second-order valence-corrected chi connectivity index (χ2v) is 6.04. The first-order valence-corrected chi connectivity index (χ1v) is 7.16. The molecular weight excluding hydrogens is 393 g/mol. The summed E-state index contributed by atoms with van der Waals surface area (Å²) in [6.07, 6.45) is 4.07. The number of nitrogens with zero attached hydrogens (tertiary/aromatic N) is 2. The summed E-state index contributed by atoms with van der Waals surface area (Å²) in [5, 5.41) is 9.29. The number of halogens is 1. The van der Waals surface area contributed by atoms with Crippen LogP contribution in [0.2, 0.25) is 0 Å². The van der Waals surface area contributed by atoms with E-state index >= 15 is 0 Å². The van der Waals surface area contributed by atoms with Gasteiger partial charge in [0.2, 0.25) is 5.91 Å². The van der Waals surface area contributed by atoms with Gasteiger partial charge in [0.25, 0.3) is 0 Å². The van der Waals surface area contributed by atoms with Crippen LogP contribution >= 0.6 is 24.0 Å². The number of carbonyl (C=O) groups excluding carboxylic acids is 1. The third kappa shape index (κ3) is 7.67. The molecule has 1 heterocycles. The molecule has 7 heteroatoms. The molecule has 3 N–H and O–H groups in total. The van der Waals surface area contributed by atoms with Gasteiger partial charge in [-0.3, -0.25) is 9.79 Å². The number of rotatable bonds is 5. The Morgan fingerprint density at radius 2 is 1.86 bits per heavy atom. The van der Waals surface area contributed by atoms with Crippen LogP contribution in [0.15, 0.2) is 23.5 Å². The Morgan fingerprint density at radius 3 is 2.36 bits per heavy atom. The number of carbonyl (C=O) groups is 1. The average Bonchev–Trinajstić information content (AvgIpc) is 2.82. The van der Waals surface area contributed by atoms with E-state index in [1.54, 1.807) is 7.05 Å². The predicted molar refractivity (Wildman–Crippen MR) is 101 cm³/mol. The number of hydrogen-bond acceptors (Lipinski definition) is 2. The first-order valence-electron chi connectivity index (χ1n) is 7.16. The van der Waals surface area contributed by atoms with Crippen LogP contribution in [0.4, 0.5) is 0 Å². The Labute approximate surface area is 150 Å². The number of aliphatic imine (C=N–C) groups is 1. The van der Waals surface area contributed by atoms with Crippen molar-refractivity contribution in [2.24, 2.45) is 17.5 Å². The van der Waals surface area contributed by atoms with E-state index < -0.39 is 0 Å². The largest absolute Gasteiger partial charge is 0.357 e. The molecule has 22 heavy (non-hydrogen) atoms. The lowest BCUT2D eigenvalue weighted by molar-refractivity contribution is -0.128. The lowest BCUT2D eigenvalue weighted by Gasteiger charge is -2.18. The maximum absolute atomic E-state index is 11.7. The highest BCUT2D eigenvalue weighted by molar-refractivity contribution is 14.0. The molecule has 0 unspecified atom stereocenters. The number of guanidine groups is 1. The van der Waals surface area contributed by atoms with Crippen LogP contribution in [0.25, 0.3) is 0 Å². The molecule has 0 aromatic carbocycles. The molecule has 0 atom stereocenters. The SMILES string of the molecule is CN=C(NCCNC(=O)C(C)(C)C)NCc1ccn(C)c1.I. The summed E-state index contributed by atoms with van der Waals surface area (Å²) in [4.78, 5) is 15.9. The Balaban J connectivity index is 0.00000441. The second kappa shape index (κ2) is 9.70. The van der Waals surface area contributed by atoms with Crippen LogP contribution in [-0.4, -0.2) is 36.6 Å². The van der Waals surface area contributed by atoms with Crippen molar-refractivity contribution in [1.82, 2.24) is 20.5 Å². The van der Waals surface area contributed by atoms with E-state index in [0.717, 1.165) is 12.5 Å². The lowest BCUT2D eigenvalue weighted by atomic mass is 9.96. The van der Waals surface area contributed by atoms with Crippen molar-refractivity contribution >= 4 is 35.8 Å². The Bertz CT molecular complexity index is 490. The number of aryl methyl sites for hydroxylation is 1. The molecule has 0 fully saturated rings. The van der Waals surface area contributed by atoms with E-state index in [4.69, 9.17) is 0 Å². The van der Waals surface area contributed by atoms with Crippen molar-refractivity contribution < 1.29 is 4.79 Å². The molecular formula is C15H28IN5O. The van der Waals surface area contributed by atoms with Crippen molar-refractivity contribution in [1.29, 1.82) is 0 Å². The van der Waals surface area contributed by atoms with E-state index in [1.807, 2.05) is 38.6 Å². The van der Waals surface area contributed by atoms with Crippen LogP contribution < -0.4 is 16.0 Å². The van der Waals surface area contributed by atoms with Gasteiger partial charge in [0, 0.05) is 51.5 Å². The molecule has 0 aliphatic rings. The standard InChI is InChI=1S/C15H27N5O.HI/c1-15(2,3)13(21)17-7-8-18-14(16-4)19-10-12-6-9-20(5)11-12;/h6,9,11H,7-8,10H2,1-5H3,(H,17,21)(H2,16,18,19);1H. The van der Waals surface area contributed by atoms with Crippen LogP contribution in [0.5, 0.6) is 0 Å². The zero-order chi connectivity index (χ0) is 15.9. The van der Waals surface area contributed by atoms with Crippen LogP contribution in [0, 0.1) is 5.41 Å². The van der Waals surface area contributed by atoms with E-state index in [0.29, 0.717) is 13.1 Å². The second-order valence-electron chi connectivity index (χ2n) is 6.04. The average molecular weight is 421 g/mol. The van der Waals surface area contributed by atoms with Crippen molar-refractivity contribution in [3.05, 3.63) is 24.0 Å². The maximum atomic E-state index is 11.7. The van der Waals surface area contributed by atoms with Gasteiger partial charge >= 0.3 is 0 Å². The normalized spacial score (nSPS) is 11.6. The van der Waals surface area contributed by atoms with Gasteiger partial charge in [-0.15, -0.1) is 24.0 Å². The third-order valence-electron chi connectivity index (χ3n) is 2.96. The van der Waals surface area contributed by atoms with Gasteiger partial charge in [0.15, 0.2) is 5.96 Å². The molecule has 1 rings (SSSR count). The topological polar surface area (TPSA) is 70.4 Å². The molecule has 0 radical (unpaired) electrons. The van der Waals surface area contributed by atoms with Gasteiger partial charge in [0.05, 0.1) is 0 Å². The van der Waals surface area contributed by atoms with Gasteiger partial charge in [-0.2, -0.15) is 0 Å². The van der Waals surface area contributed by atoms with E-state index in [2.05, 4.69) is 33.2 Å². The zero-order valence-electron chi connectivity index (χ0n) is 14.1. The monoisotopic (exact) mass is 421 g/mol. The molecule has 0 aliphatic heterocycles. The fraction of sp³-hybridized carbons (Fsp3) is 0.600. The number of amides is 1. The molecule has 0 aliphatic carbocycles. The molecule has 126 valence electrons. The molecule has 6 nitrogen and oxygen atoms in total. The molecule has 0 bridgehead atoms. The summed E-state index contributed by atoms with van der Waals surface area (Å²) < 4.78 is 2.01. The zero-order valence-corrected chi connectivity index (χ0v) is 16.4. The highest BCUT2D eigenvalue weighted by Crippen LogP contribution is 2.11. The number of nitrogens with one attached hydrogen (secondary N) is 3. The quantitative estimate of drug-likeness (QED) is 0.292. The first-order chi connectivity index (χ1) is 9.82. The molecule has 0 saturated heterocycles. The molecule has 1 aromatic heterocycles. The summed E-state index contributed by atoms with van der Waals surface area (Å²) in [7, 11) is 3.72. The molecule has 0 spiro atoms. The third-order valence-corrected chi connectivity index (χ3v) is 2.96. The van der Waals surface area contributed by atoms with Gasteiger partial charge in [-0.25, -0.2) is 0 Å². The Morgan fingerprint density at radius 1 is 1.23 bits per heavy atom. The number of hydrogen-bond donors (Lipinski definition) is 3. The highest BCUT2D eigenvalue weighted by atomic mass is 127. The van der Waals surface area contributed by atoms with E-state index in [-0.39, 0.29) is 35.3 Å². The summed E-state index contributed by atoms with van der Waals surface area (Å²) in [6, 6.07) is 2.06. The number of aromatic nitrogens is 1. The van der Waals surface area contributed by atoms with Gasteiger partial charge in [-0.05, 0) is 11.6 Å². The lowest BCUT2D eigenvalue weighted by Crippen LogP contribution is -2.43. The van der Waals surface area contributed by atoms with Crippen molar-refractivity contribution in [3.8, 4) is 0 Å². The van der Waals surface area contributed by atoms with E-state index in [1.165, 1.54) is 5.56 Å². The van der Waals surface area contributed by atoms with Gasteiger partial charge < -0.3 is 20.5 Å². The predicted octanol–water partition coefficient (Wildman–Crippen LogP) is 1.47. The Hall–Kier alpha value is -1.25. The minimum Gasteiger partial charge on any atom is -0.357 e. The minimum atomic E-state index is -0.354. The molecule has 1 aromatic rings. The highest BCUT2D eigenvalue weighted by Gasteiger charge is 2.20. The van der Waals surface area contributed by atoms with Gasteiger partial charge in [0.1, 0.15) is 0 Å². The first kappa shape index (κ1) is 20.8.